The summed E-state index contributed by atoms with van der Waals surface area (Å²) in [5, 5.41) is 8.17. The number of carbonyl (C=O) groups excluding carboxylic acids is 1. The summed E-state index contributed by atoms with van der Waals surface area (Å²) in [5.74, 6) is -1.74. The van der Waals surface area contributed by atoms with Crippen LogP contribution in [0.25, 0.3) is 16.9 Å². The predicted octanol–water partition coefficient (Wildman–Crippen LogP) is 3.52. The van der Waals surface area contributed by atoms with Crippen molar-refractivity contribution < 1.29 is 13.6 Å². The molecule has 178 valence electrons. The van der Waals surface area contributed by atoms with Crippen molar-refractivity contribution in [2.45, 2.75) is 39.0 Å². The molecule has 0 bridgehead atoms. The molecule has 0 spiro atoms. The molecule has 0 unspecified atom stereocenters. The van der Waals surface area contributed by atoms with E-state index in [9.17, 15) is 9.59 Å². The number of aryl methyl sites for hydroxylation is 1. The average Bonchev–Trinajstić information content (AvgIpc) is 3.49. The summed E-state index contributed by atoms with van der Waals surface area (Å²) in [5.41, 5.74) is 3.45. The highest BCUT2D eigenvalue weighted by molar-refractivity contribution is 6.16. The summed E-state index contributed by atoms with van der Waals surface area (Å²) in [6.07, 6.45) is 3.02. The molecule has 0 saturated heterocycles. The van der Waals surface area contributed by atoms with Crippen molar-refractivity contribution in [2.24, 2.45) is 5.10 Å². The molecule has 0 saturated carbocycles. The van der Waals surface area contributed by atoms with Gasteiger partial charge < -0.3 is 0 Å². The van der Waals surface area contributed by atoms with Crippen molar-refractivity contribution in [3.8, 4) is 11.1 Å². The number of aromatic nitrogens is 4. The van der Waals surface area contributed by atoms with E-state index in [-0.39, 0.29) is 52.5 Å². The fraction of sp³-hybridized carbons (Fsp3) is 0.240. The number of benzene rings is 2. The Bertz CT molecular complexity index is 1520. The van der Waals surface area contributed by atoms with E-state index in [2.05, 4.69) is 25.6 Å². The zero-order chi connectivity index (χ0) is 24.5. The van der Waals surface area contributed by atoms with Crippen LogP contribution in [0.5, 0.6) is 0 Å². The second-order valence-electron chi connectivity index (χ2n) is 8.36. The third-order valence-electron chi connectivity index (χ3n) is 6.10. The van der Waals surface area contributed by atoms with E-state index >= 15 is 8.78 Å². The minimum Gasteiger partial charge on any atom is -0.291 e. The van der Waals surface area contributed by atoms with Crippen LogP contribution >= 0.6 is 0 Å². The third-order valence-corrected chi connectivity index (χ3v) is 6.10. The summed E-state index contributed by atoms with van der Waals surface area (Å²) in [7, 11) is 0. The van der Waals surface area contributed by atoms with Gasteiger partial charge >= 0.3 is 0 Å². The molecule has 1 amide bonds. The van der Waals surface area contributed by atoms with Gasteiger partial charge in [0.25, 0.3) is 5.56 Å². The molecule has 2 N–H and O–H groups in total. The summed E-state index contributed by atoms with van der Waals surface area (Å²) in [6.45, 7) is 2.01. The van der Waals surface area contributed by atoms with Crippen LogP contribution in [-0.2, 0) is 17.6 Å². The number of hydrogen-bond acceptors (Lipinski definition) is 5. The van der Waals surface area contributed by atoms with Crippen molar-refractivity contribution in [3.63, 3.8) is 0 Å². The largest absolute Gasteiger partial charge is 0.291 e. The molecule has 10 heteroatoms. The maximum Gasteiger partial charge on any atom is 0.256 e. The lowest BCUT2D eigenvalue weighted by Crippen LogP contribution is -2.22. The number of nitrogens with one attached hydrogen (secondary N) is 2. The van der Waals surface area contributed by atoms with Gasteiger partial charge in [0.05, 0.1) is 17.8 Å². The Labute approximate surface area is 198 Å². The zero-order valence-corrected chi connectivity index (χ0v) is 18.9. The first-order valence-electron chi connectivity index (χ1n) is 11.3. The molecule has 8 nitrogen and oxygen atoms in total. The van der Waals surface area contributed by atoms with Crippen molar-refractivity contribution in [3.05, 3.63) is 87.1 Å². The molecule has 1 aliphatic heterocycles. The number of rotatable bonds is 7. The van der Waals surface area contributed by atoms with E-state index in [4.69, 9.17) is 0 Å². The molecule has 0 radical (unpaired) electrons. The number of halogens is 2. The summed E-state index contributed by atoms with van der Waals surface area (Å²) < 4.78 is 33.1. The Hall–Kier alpha value is -4.21. The lowest BCUT2D eigenvalue weighted by molar-refractivity contribution is -0.119. The number of hydrogen-bond donors (Lipinski definition) is 2. The van der Waals surface area contributed by atoms with E-state index in [0.29, 0.717) is 17.7 Å². The van der Waals surface area contributed by atoms with E-state index in [1.165, 1.54) is 16.9 Å². The van der Waals surface area contributed by atoms with Crippen LogP contribution in [0, 0.1) is 11.6 Å². The molecular formula is C25H22F2N6O2. The van der Waals surface area contributed by atoms with Crippen LogP contribution in [0.15, 0.2) is 52.6 Å². The lowest BCUT2D eigenvalue weighted by Gasteiger charge is -2.16. The van der Waals surface area contributed by atoms with Gasteiger partial charge in [-0.05, 0) is 30.0 Å². The number of H-pyrrole nitrogens is 1. The molecule has 1 aliphatic rings. The fourth-order valence-electron chi connectivity index (χ4n) is 4.38. The summed E-state index contributed by atoms with van der Waals surface area (Å²) in [4.78, 5) is 31.5. The van der Waals surface area contributed by atoms with Crippen LogP contribution in [0.3, 0.4) is 0 Å². The highest BCUT2D eigenvalue weighted by atomic mass is 19.1. The van der Waals surface area contributed by atoms with Crippen molar-refractivity contribution in [1.29, 1.82) is 0 Å². The van der Waals surface area contributed by atoms with E-state index in [1.54, 1.807) is 30.3 Å². The maximum atomic E-state index is 16.1. The Morgan fingerprint density at radius 1 is 1.11 bits per heavy atom. The SMILES string of the molecule is CCCCc1c(Cc2c(F)cc(-c3ccccc3)c(C3=NNC(=O)C3)c2F)c(=O)[nH]c2ncnn12. The zero-order valence-electron chi connectivity index (χ0n) is 18.9. The molecular weight excluding hydrogens is 454 g/mol. The number of unbranched alkanes of at least 4 members (excludes halogenated alkanes) is 1. The minimum absolute atomic E-state index is 0.0410. The Morgan fingerprint density at radius 3 is 2.63 bits per heavy atom. The minimum atomic E-state index is -0.848. The van der Waals surface area contributed by atoms with Crippen LogP contribution in [0.1, 0.15) is 48.6 Å². The van der Waals surface area contributed by atoms with Gasteiger partial charge in [-0.3, -0.25) is 14.6 Å². The number of fused-ring (bicyclic) bond motifs is 1. The number of amides is 1. The monoisotopic (exact) mass is 476 g/mol. The second kappa shape index (κ2) is 9.21. The number of carbonyl (C=O) groups is 1. The molecule has 2 aromatic heterocycles. The molecule has 0 fully saturated rings. The molecule has 4 aromatic rings. The van der Waals surface area contributed by atoms with Crippen LogP contribution in [0.4, 0.5) is 8.78 Å². The normalized spacial score (nSPS) is 13.3. The Morgan fingerprint density at radius 2 is 1.91 bits per heavy atom. The van der Waals surface area contributed by atoms with Gasteiger partial charge in [-0.15, -0.1) is 0 Å². The number of nitrogens with zero attached hydrogens (tertiary/aromatic N) is 4. The van der Waals surface area contributed by atoms with Gasteiger partial charge in [-0.1, -0.05) is 43.7 Å². The predicted molar refractivity (Wildman–Crippen MR) is 126 cm³/mol. The molecule has 0 atom stereocenters. The molecule has 5 rings (SSSR count). The van der Waals surface area contributed by atoms with Gasteiger partial charge in [0, 0.05) is 23.1 Å². The van der Waals surface area contributed by atoms with Crippen molar-refractivity contribution in [1.82, 2.24) is 25.0 Å². The molecule has 35 heavy (non-hydrogen) atoms. The van der Waals surface area contributed by atoms with Gasteiger partial charge in [-0.25, -0.2) is 18.7 Å². The molecule has 3 heterocycles. The van der Waals surface area contributed by atoms with Crippen molar-refractivity contribution in [2.75, 3.05) is 0 Å². The number of hydrazone groups is 1. The van der Waals surface area contributed by atoms with Crippen LogP contribution in [-0.4, -0.2) is 31.2 Å². The van der Waals surface area contributed by atoms with Gasteiger partial charge in [-0.2, -0.15) is 15.2 Å². The molecule has 2 aromatic carbocycles. The fourth-order valence-corrected chi connectivity index (χ4v) is 4.38. The van der Waals surface area contributed by atoms with Crippen molar-refractivity contribution >= 4 is 17.4 Å². The standard InChI is InChI=1S/C25H22F2N6O2/c1-2-3-9-20-17(24(35)30-25-28-13-29-33(20)25)10-16-18(26)11-15(14-7-5-4-6-8-14)22(23(16)27)19-12-21(34)32-31-19/h4-8,11,13H,2-3,9-10,12H2,1H3,(H,32,34)(H,28,29,30,35). The Balaban J connectivity index is 1.70. The number of aromatic amines is 1. The average molecular weight is 476 g/mol. The van der Waals surface area contributed by atoms with E-state index in [1.807, 2.05) is 6.92 Å². The van der Waals surface area contributed by atoms with Gasteiger partial charge in [0.15, 0.2) is 0 Å². The van der Waals surface area contributed by atoms with Crippen LogP contribution < -0.4 is 11.0 Å². The topological polar surface area (TPSA) is 105 Å². The lowest BCUT2D eigenvalue weighted by atomic mass is 9.90. The first-order chi connectivity index (χ1) is 17.0. The maximum absolute atomic E-state index is 16.1. The third kappa shape index (κ3) is 4.11. The summed E-state index contributed by atoms with van der Waals surface area (Å²) in [6, 6.07) is 10.0. The summed E-state index contributed by atoms with van der Waals surface area (Å²) >= 11 is 0. The highest BCUT2D eigenvalue weighted by Crippen LogP contribution is 2.33. The van der Waals surface area contributed by atoms with E-state index in [0.717, 1.165) is 12.8 Å². The smallest absolute Gasteiger partial charge is 0.256 e. The highest BCUT2D eigenvalue weighted by Gasteiger charge is 2.28. The van der Waals surface area contributed by atoms with Crippen LogP contribution in [0.2, 0.25) is 0 Å². The van der Waals surface area contributed by atoms with E-state index < -0.39 is 17.2 Å². The first-order valence-corrected chi connectivity index (χ1v) is 11.3. The second-order valence-corrected chi connectivity index (χ2v) is 8.36. The van der Waals surface area contributed by atoms with Gasteiger partial charge in [0.1, 0.15) is 18.0 Å². The van der Waals surface area contributed by atoms with Gasteiger partial charge in [0.2, 0.25) is 11.7 Å². The quantitative estimate of drug-likeness (QED) is 0.426. The first kappa shape index (κ1) is 22.6. The Kier molecular flexibility index (Phi) is 5.94. The molecule has 0 aliphatic carbocycles.